The Morgan fingerprint density at radius 3 is 2.70 bits per heavy atom. The zero-order chi connectivity index (χ0) is 19.2. The second kappa shape index (κ2) is 8.54. The van der Waals surface area contributed by atoms with Crippen LogP contribution in [0.1, 0.15) is 42.9 Å². The molecule has 1 aliphatic rings. The maximum atomic E-state index is 13.3. The van der Waals surface area contributed by atoms with Crippen molar-refractivity contribution in [1.82, 2.24) is 4.90 Å². The van der Waals surface area contributed by atoms with E-state index in [1.54, 1.807) is 12.0 Å². The minimum atomic E-state index is -0.504. The van der Waals surface area contributed by atoms with Crippen molar-refractivity contribution in [3.05, 3.63) is 59.4 Å². The Hall–Kier alpha value is -3.07. The summed E-state index contributed by atoms with van der Waals surface area (Å²) < 4.78 is 18.6. The third-order valence-electron chi connectivity index (χ3n) is 4.86. The number of hydrogen-bond donors (Lipinski definition) is 1. The molecule has 1 fully saturated rings. The van der Waals surface area contributed by atoms with Crippen molar-refractivity contribution in [3.8, 4) is 11.8 Å². The number of nitriles is 1. The average Bonchev–Trinajstić information content (AvgIpc) is 2.95. The molecule has 0 spiro atoms. The van der Waals surface area contributed by atoms with Crippen LogP contribution in [0.15, 0.2) is 42.5 Å². The molecule has 2 amide bonds. The number of carbonyl (C=O) groups excluding carboxylic acids is 1. The van der Waals surface area contributed by atoms with E-state index >= 15 is 0 Å². The Balaban J connectivity index is 1.84. The van der Waals surface area contributed by atoms with E-state index in [4.69, 9.17) is 4.74 Å². The van der Waals surface area contributed by atoms with Gasteiger partial charge in [-0.25, -0.2) is 9.18 Å². The van der Waals surface area contributed by atoms with E-state index in [-0.39, 0.29) is 17.6 Å². The molecular formula is C21H22FN3O2. The molecule has 27 heavy (non-hydrogen) atoms. The summed E-state index contributed by atoms with van der Waals surface area (Å²) in [5.41, 5.74) is 1.48. The smallest absolute Gasteiger partial charge is 0.322 e. The number of methoxy groups -OCH3 is 1. The fourth-order valence-corrected chi connectivity index (χ4v) is 3.43. The fraction of sp³-hybridized carbons (Fsp3) is 0.333. The number of likely N-dealkylation sites (tertiary alicyclic amines) is 1. The standard InChI is InChI=1S/C21H22FN3O2/c1-27-18-9-6-15(7-10-18)20-5-3-2-4-12-25(20)21(26)24-19-11-8-17(22)13-16(19)14-23/h6-11,13,20H,2-5,12H2,1H3,(H,24,26). The molecular weight excluding hydrogens is 345 g/mol. The number of nitrogens with one attached hydrogen (secondary N) is 1. The summed E-state index contributed by atoms with van der Waals surface area (Å²) in [5, 5.41) is 12.0. The monoisotopic (exact) mass is 367 g/mol. The maximum Gasteiger partial charge on any atom is 0.322 e. The van der Waals surface area contributed by atoms with Crippen molar-refractivity contribution >= 4 is 11.7 Å². The number of nitrogens with zero attached hydrogens (tertiary/aromatic N) is 2. The first-order valence-corrected chi connectivity index (χ1v) is 9.03. The van der Waals surface area contributed by atoms with E-state index in [9.17, 15) is 14.4 Å². The maximum absolute atomic E-state index is 13.3. The van der Waals surface area contributed by atoms with Crippen LogP contribution in [0, 0.1) is 17.1 Å². The summed E-state index contributed by atoms with van der Waals surface area (Å²) in [6.45, 7) is 0.631. The highest BCUT2D eigenvalue weighted by Gasteiger charge is 2.27. The highest BCUT2D eigenvalue weighted by Crippen LogP contribution is 2.32. The van der Waals surface area contributed by atoms with Gasteiger partial charge in [-0.2, -0.15) is 5.26 Å². The zero-order valence-electron chi connectivity index (χ0n) is 15.2. The summed E-state index contributed by atoms with van der Waals surface area (Å²) in [6.07, 6.45) is 3.90. The van der Waals surface area contributed by atoms with E-state index in [0.29, 0.717) is 12.2 Å². The topological polar surface area (TPSA) is 65.4 Å². The average molecular weight is 367 g/mol. The van der Waals surface area contributed by atoms with Crippen LogP contribution in [0.3, 0.4) is 0 Å². The highest BCUT2D eigenvalue weighted by molar-refractivity contribution is 5.91. The van der Waals surface area contributed by atoms with Crippen molar-refractivity contribution in [2.45, 2.75) is 31.7 Å². The quantitative estimate of drug-likeness (QED) is 0.843. The molecule has 0 aliphatic carbocycles. The van der Waals surface area contributed by atoms with Gasteiger partial charge in [0.15, 0.2) is 0 Å². The molecule has 1 unspecified atom stereocenters. The van der Waals surface area contributed by atoms with E-state index in [1.165, 1.54) is 12.1 Å². The number of halogens is 1. The Bertz CT molecular complexity index is 845. The van der Waals surface area contributed by atoms with Crippen molar-refractivity contribution in [2.24, 2.45) is 0 Å². The molecule has 3 rings (SSSR count). The first-order chi connectivity index (χ1) is 13.1. The molecule has 0 bridgehead atoms. The van der Waals surface area contributed by atoms with Gasteiger partial charge in [0.05, 0.1) is 24.4 Å². The van der Waals surface area contributed by atoms with Crippen LogP contribution >= 0.6 is 0 Å². The molecule has 5 nitrogen and oxygen atoms in total. The predicted octanol–water partition coefficient (Wildman–Crippen LogP) is 4.86. The number of urea groups is 1. The van der Waals surface area contributed by atoms with Gasteiger partial charge in [-0.1, -0.05) is 25.0 Å². The normalized spacial score (nSPS) is 16.9. The van der Waals surface area contributed by atoms with Crippen LogP contribution in [0.2, 0.25) is 0 Å². The fourth-order valence-electron chi connectivity index (χ4n) is 3.43. The summed E-state index contributed by atoms with van der Waals surface area (Å²) in [5.74, 6) is 0.267. The van der Waals surface area contributed by atoms with Gasteiger partial charge >= 0.3 is 6.03 Å². The van der Waals surface area contributed by atoms with Crippen molar-refractivity contribution in [2.75, 3.05) is 19.0 Å². The first kappa shape index (κ1) is 18.7. The van der Waals surface area contributed by atoms with Crippen LogP contribution in [0.25, 0.3) is 0 Å². The van der Waals surface area contributed by atoms with Crippen LogP contribution in [0.4, 0.5) is 14.9 Å². The van der Waals surface area contributed by atoms with Crippen LogP contribution in [-0.4, -0.2) is 24.6 Å². The summed E-state index contributed by atoms with van der Waals surface area (Å²) in [4.78, 5) is 14.8. The lowest BCUT2D eigenvalue weighted by molar-refractivity contribution is 0.189. The Morgan fingerprint density at radius 2 is 2.00 bits per heavy atom. The number of benzene rings is 2. The van der Waals surface area contributed by atoms with Crippen LogP contribution in [-0.2, 0) is 0 Å². The largest absolute Gasteiger partial charge is 0.497 e. The second-order valence-electron chi connectivity index (χ2n) is 6.56. The molecule has 0 aromatic heterocycles. The molecule has 2 aromatic carbocycles. The summed E-state index contributed by atoms with van der Waals surface area (Å²) in [6, 6.07) is 13.1. The number of carbonyl (C=O) groups is 1. The summed E-state index contributed by atoms with van der Waals surface area (Å²) >= 11 is 0. The number of hydrogen-bond acceptors (Lipinski definition) is 3. The van der Waals surface area contributed by atoms with Crippen molar-refractivity contribution in [3.63, 3.8) is 0 Å². The minimum Gasteiger partial charge on any atom is -0.497 e. The van der Waals surface area contributed by atoms with Gasteiger partial charge in [-0.15, -0.1) is 0 Å². The molecule has 1 saturated heterocycles. The minimum absolute atomic E-state index is 0.0515. The lowest BCUT2D eigenvalue weighted by atomic mass is 10.0. The van der Waals surface area contributed by atoms with E-state index in [2.05, 4.69) is 5.32 Å². The molecule has 1 aliphatic heterocycles. The third-order valence-corrected chi connectivity index (χ3v) is 4.86. The zero-order valence-corrected chi connectivity index (χ0v) is 15.2. The molecule has 2 aromatic rings. The molecule has 140 valence electrons. The van der Waals surface area contributed by atoms with Gasteiger partial charge in [0, 0.05) is 6.54 Å². The Morgan fingerprint density at radius 1 is 1.22 bits per heavy atom. The molecule has 6 heteroatoms. The predicted molar refractivity (Wildman–Crippen MR) is 101 cm³/mol. The van der Waals surface area contributed by atoms with E-state index in [1.807, 2.05) is 30.3 Å². The van der Waals surface area contributed by atoms with Gasteiger partial charge in [-0.3, -0.25) is 0 Å². The molecule has 1 N–H and O–H groups in total. The number of amides is 2. The lowest BCUT2D eigenvalue weighted by Crippen LogP contribution is -2.38. The van der Waals surface area contributed by atoms with Crippen LogP contribution in [0.5, 0.6) is 5.75 Å². The Kier molecular flexibility index (Phi) is 5.92. The van der Waals surface area contributed by atoms with Gasteiger partial charge in [0.25, 0.3) is 0 Å². The third kappa shape index (κ3) is 4.37. The van der Waals surface area contributed by atoms with Crippen molar-refractivity contribution in [1.29, 1.82) is 5.26 Å². The molecule has 1 atom stereocenters. The second-order valence-corrected chi connectivity index (χ2v) is 6.56. The van der Waals surface area contributed by atoms with Gasteiger partial charge < -0.3 is 15.0 Å². The lowest BCUT2D eigenvalue weighted by Gasteiger charge is -2.30. The number of anilines is 1. The van der Waals surface area contributed by atoms with Crippen molar-refractivity contribution < 1.29 is 13.9 Å². The molecule has 0 radical (unpaired) electrons. The number of ether oxygens (including phenoxy) is 1. The van der Waals surface area contributed by atoms with E-state index < -0.39 is 5.82 Å². The summed E-state index contributed by atoms with van der Waals surface area (Å²) in [7, 11) is 1.62. The van der Waals surface area contributed by atoms with Gasteiger partial charge in [0.1, 0.15) is 17.6 Å². The SMILES string of the molecule is COc1ccc(C2CCCCCN2C(=O)Nc2ccc(F)cc2C#N)cc1. The number of rotatable bonds is 3. The van der Waals surface area contributed by atoms with Gasteiger partial charge in [0.2, 0.25) is 0 Å². The highest BCUT2D eigenvalue weighted by atomic mass is 19.1. The van der Waals surface area contributed by atoms with E-state index in [0.717, 1.165) is 43.1 Å². The first-order valence-electron chi connectivity index (χ1n) is 9.03. The molecule has 0 saturated carbocycles. The Labute approximate surface area is 158 Å². The van der Waals surface area contributed by atoms with Crippen LogP contribution < -0.4 is 10.1 Å². The van der Waals surface area contributed by atoms with Gasteiger partial charge in [-0.05, 0) is 48.7 Å². The molecule has 1 heterocycles.